The highest BCUT2D eigenvalue weighted by molar-refractivity contribution is 5.87. The highest BCUT2D eigenvalue weighted by Crippen LogP contribution is 2.25. The highest BCUT2D eigenvalue weighted by atomic mass is 16.5. The lowest BCUT2D eigenvalue weighted by Crippen LogP contribution is -2.50. The Morgan fingerprint density at radius 2 is 1.85 bits per heavy atom. The predicted molar refractivity (Wildman–Crippen MR) is 70.6 cm³/mol. The van der Waals surface area contributed by atoms with Crippen LogP contribution in [0.1, 0.15) is 25.7 Å². The number of piperidine rings is 1. The number of rotatable bonds is 2. The van der Waals surface area contributed by atoms with Crippen molar-refractivity contribution in [1.82, 2.24) is 9.80 Å². The maximum atomic E-state index is 12.5. The van der Waals surface area contributed by atoms with Crippen LogP contribution in [0.4, 0.5) is 4.79 Å². The van der Waals surface area contributed by atoms with Gasteiger partial charge >= 0.3 is 12.0 Å². The molecule has 7 heteroatoms. The van der Waals surface area contributed by atoms with Gasteiger partial charge in [-0.15, -0.1) is 0 Å². The second kappa shape index (κ2) is 6.11. The second-order valence-electron chi connectivity index (χ2n) is 5.34. The normalized spacial score (nSPS) is 26.4. The van der Waals surface area contributed by atoms with Crippen molar-refractivity contribution in [3.05, 3.63) is 0 Å². The van der Waals surface area contributed by atoms with Crippen LogP contribution in [0.25, 0.3) is 0 Å². The van der Waals surface area contributed by atoms with Crippen LogP contribution >= 0.6 is 0 Å². The Labute approximate surface area is 118 Å². The van der Waals surface area contributed by atoms with Gasteiger partial charge in [-0.25, -0.2) is 9.59 Å². The van der Waals surface area contributed by atoms with Gasteiger partial charge in [-0.3, -0.25) is 4.79 Å². The van der Waals surface area contributed by atoms with Crippen LogP contribution in [-0.2, 0) is 14.3 Å². The van der Waals surface area contributed by atoms with E-state index in [4.69, 9.17) is 10.5 Å². The van der Waals surface area contributed by atoms with Gasteiger partial charge in [0.1, 0.15) is 6.04 Å². The van der Waals surface area contributed by atoms with Gasteiger partial charge in [0.25, 0.3) is 0 Å². The average molecular weight is 283 g/mol. The number of amides is 3. The van der Waals surface area contributed by atoms with Crippen molar-refractivity contribution in [3.8, 4) is 0 Å². The molecule has 0 saturated carbocycles. The second-order valence-corrected chi connectivity index (χ2v) is 5.34. The Balaban J connectivity index is 2.02. The molecule has 2 N–H and O–H groups in total. The zero-order valence-corrected chi connectivity index (χ0v) is 11.7. The minimum Gasteiger partial charge on any atom is -0.467 e. The first kappa shape index (κ1) is 14.6. The molecule has 7 nitrogen and oxygen atoms in total. The molecule has 0 aromatic heterocycles. The fourth-order valence-corrected chi connectivity index (χ4v) is 3.02. The van der Waals surface area contributed by atoms with Crippen LogP contribution in [0.5, 0.6) is 0 Å². The van der Waals surface area contributed by atoms with Crippen LogP contribution in [0.2, 0.25) is 0 Å². The molecule has 112 valence electrons. The summed E-state index contributed by atoms with van der Waals surface area (Å²) >= 11 is 0. The number of esters is 1. The van der Waals surface area contributed by atoms with Crippen molar-refractivity contribution in [3.63, 3.8) is 0 Å². The van der Waals surface area contributed by atoms with E-state index in [1.165, 1.54) is 12.0 Å². The van der Waals surface area contributed by atoms with Gasteiger partial charge in [0.05, 0.1) is 13.0 Å². The molecular formula is C13H21N3O4. The van der Waals surface area contributed by atoms with Gasteiger partial charge in [0, 0.05) is 19.6 Å². The SMILES string of the molecule is COC(=O)C1CCCN1C(=O)C1CCCN(C(N)=O)C1. The first-order valence-electron chi connectivity index (χ1n) is 6.97. The molecule has 2 aliphatic rings. The van der Waals surface area contributed by atoms with Gasteiger partial charge in [0.15, 0.2) is 0 Å². The van der Waals surface area contributed by atoms with Gasteiger partial charge in [-0.2, -0.15) is 0 Å². The zero-order chi connectivity index (χ0) is 14.7. The summed E-state index contributed by atoms with van der Waals surface area (Å²) in [6, 6.07) is -0.968. The van der Waals surface area contributed by atoms with Crippen molar-refractivity contribution in [2.45, 2.75) is 31.7 Å². The van der Waals surface area contributed by atoms with E-state index >= 15 is 0 Å². The van der Waals surface area contributed by atoms with Crippen LogP contribution < -0.4 is 5.73 Å². The Kier molecular flexibility index (Phi) is 4.46. The summed E-state index contributed by atoms with van der Waals surface area (Å²) in [7, 11) is 1.33. The number of carbonyl (C=O) groups excluding carboxylic acids is 3. The molecule has 0 aromatic carbocycles. The molecule has 3 amide bonds. The summed E-state index contributed by atoms with van der Waals surface area (Å²) in [6.45, 7) is 1.52. The Bertz CT molecular complexity index is 412. The Morgan fingerprint density at radius 1 is 1.15 bits per heavy atom. The quantitative estimate of drug-likeness (QED) is 0.719. The standard InChI is InChI=1S/C13H21N3O4/c1-20-12(18)10-5-3-7-16(10)11(17)9-4-2-6-15(8-9)13(14)19/h9-10H,2-8H2,1H3,(H2,14,19). The zero-order valence-electron chi connectivity index (χ0n) is 11.7. The number of primary amides is 1. The molecule has 20 heavy (non-hydrogen) atoms. The minimum absolute atomic E-state index is 0.0659. The van der Waals surface area contributed by atoms with Crippen LogP contribution in [0.15, 0.2) is 0 Å². The summed E-state index contributed by atoms with van der Waals surface area (Å²) in [4.78, 5) is 38.5. The number of methoxy groups -OCH3 is 1. The lowest BCUT2D eigenvalue weighted by atomic mass is 9.96. The van der Waals surface area contributed by atoms with E-state index in [1.807, 2.05) is 0 Å². The molecule has 2 heterocycles. The van der Waals surface area contributed by atoms with E-state index in [0.717, 1.165) is 19.3 Å². The molecule has 2 unspecified atom stereocenters. The van der Waals surface area contributed by atoms with E-state index in [1.54, 1.807) is 4.90 Å². The Hall–Kier alpha value is -1.79. The summed E-state index contributed by atoms with van der Waals surface area (Å²) in [5.41, 5.74) is 5.27. The molecule has 2 rings (SSSR count). The molecule has 0 radical (unpaired) electrons. The van der Waals surface area contributed by atoms with E-state index in [9.17, 15) is 14.4 Å². The monoisotopic (exact) mass is 283 g/mol. The molecule has 2 saturated heterocycles. The first-order chi connectivity index (χ1) is 9.54. The summed E-state index contributed by atoms with van der Waals surface area (Å²) < 4.78 is 4.74. The summed E-state index contributed by atoms with van der Waals surface area (Å²) in [5, 5.41) is 0. The van der Waals surface area contributed by atoms with E-state index < -0.39 is 12.1 Å². The summed E-state index contributed by atoms with van der Waals surface area (Å²) in [6.07, 6.45) is 2.94. The van der Waals surface area contributed by atoms with Crippen molar-refractivity contribution in [2.75, 3.05) is 26.7 Å². The lowest BCUT2D eigenvalue weighted by Gasteiger charge is -2.34. The van der Waals surface area contributed by atoms with Gasteiger partial charge in [-0.05, 0) is 25.7 Å². The molecule has 2 fully saturated rings. The number of urea groups is 1. The van der Waals surface area contributed by atoms with Gasteiger partial charge in [0.2, 0.25) is 5.91 Å². The molecule has 0 aliphatic carbocycles. The first-order valence-corrected chi connectivity index (χ1v) is 6.97. The highest BCUT2D eigenvalue weighted by Gasteiger charge is 2.39. The Morgan fingerprint density at radius 3 is 2.50 bits per heavy atom. The molecule has 0 aromatic rings. The smallest absolute Gasteiger partial charge is 0.328 e. The third-order valence-electron chi connectivity index (χ3n) is 4.09. The number of nitrogens with two attached hydrogens (primary N) is 1. The maximum absolute atomic E-state index is 12.5. The number of nitrogens with zero attached hydrogens (tertiary/aromatic N) is 2. The van der Waals surface area contributed by atoms with Gasteiger partial charge < -0.3 is 20.3 Å². The van der Waals surface area contributed by atoms with E-state index in [2.05, 4.69) is 0 Å². The molecule has 2 aliphatic heterocycles. The molecule has 0 spiro atoms. The third kappa shape index (κ3) is 2.86. The number of hydrogen-bond donors (Lipinski definition) is 1. The predicted octanol–water partition coefficient (Wildman–Crippen LogP) is -0.0589. The van der Waals surface area contributed by atoms with Crippen molar-refractivity contribution < 1.29 is 19.1 Å². The van der Waals surface area contributed by atoms with Crippen molar-refractivity contribution in [1.29, 1.82) is 0 Å². The van der Waals surface area contributed by atoms with E-state index in [0.29, 0.717) is 26.1 Å². The number of likely N-dealkylation sites (tertiary alicyclic amines) is 2. The van der Waals surface area contributed by atoms with Crippen LogP contribution in [0, 0.1) is 5.92 Å². The van der Waals surface area contributed by atoms with Crippen LogP contribution in [0.3, 0.4) is 0 Å². The topological polar surface area (TPSA) is 92.9 Å². The van der Waals surface area contributed by atoms with Crippen molar-refractivity contribution in [2.24, 2.45) is 11.7 Å². The lowest BCUT2D eigenvalue weighted by molar-refractivity contribution is -0.152. The molecule has 2 atom stereocenters. The molecule has 0 bridgehead atoms. The minimum atomic E-state index is -0.492. The number of hydrogen-bond acceptors (Lipinski definition) is 4. The van der Waals surface area contributed by atoms with Gasteiger partial charge in [-0.1, -0.05) is 0 Å². The number of carbonyl (C=O) groups is 3. The fourth-order valence-electron chi connectivity index (χ4n) is 3.02. The maximum Gasteiger partial charge on any atom is 0.328 e. The van der Waals surface area contributed by atoms with E-state index in [-0.39, 0.29) is 17.8 Å². The average Bonchev–Trinajstić information content (AvgIpc) is 2.95. The number of ether oxygens (including phenoxy) is 1. The largest absolute Gasteiger partial charge is 0.467 e. The molecular weight excluding hydrogens is 262 g/mol. The van der Waals surface area contributed by atoms with Crippen molar-refractivity contribution >= 4 is 17.9 Å². The third-order valence-corrected chi connectivity index (χ3v) is 4.09. The van der Waals surface area contributed by atoms with Crippen LogP contribution in [-0.4, -0.2) is 60.5 Å². The fraction of sp³-hybridized carbons (Fsp3) is 0.769. The summed E-state index contributed by atoms with van der Waals surface area (Å²) in [5.74, 6) is -0.691.